The molecule has 2 atom stereocenters. The molecule has 386 valence electrons. The third kappa shape index (κ3) is 30.6. The highest BCUT2D eigenvalue weighted by atomic mass is 16.8. The lowest BCUT2D eigenvalue weighted by Gasteiger charge is -2.43. The first kappa shape index (κ1) is 61.6. The summed E-state index contributed by atoms with van der Waals surface area (Å²) in [7, 11) is 0. The standard InChI is InChI=1S/C34H65NO13.C17H34/c1-2-3-4-5-6-10-18-29(25-28-16-8-7-9-17-28)30(38)47-26-31(39,40)19-15-21-33(43,44)35(23-13-14-24-36)32(41,42)20-11-12-22-34(45,46)48-27-37;1-3-4-5-6-7-9-12-16(2)15-17-13-10-8-11-14-17/h27-29,36,39-46H,2-26H2,1H3;16-17H,3-15H2,1-2H3. The molecule has 0 heterocycles. The average molecular weight is 934 g/mol. The van der Waals surface area contributed by atoms with Crippen LogP contribution in [-0.4, -0.2) is 107 Å². The Kier molecular flexibility index (Phi) is 33.7. The summed E-state index contributed by atoms with van der Waals surface area (Å²) in [5, 5.41) is 92.6. The molecule has 14 heteroatoms. The quantitative estimate of drug-likeness (QED) is 0.0122. The average Bonchev–Trinajstić information content (AvgIpc) is 3.25. The summed E-state index contributed by atoms with van der Waals surface area (Å²) in [4.78, 5) is 24.1. The minimum absolute atomic E-state index is 0.0330. The molecule has 0 saturated heterocycles. The molecular weight excluding hydrogens is 835 g/mol. The van der Waals surface area contributed by atoms with Crippen molar-refractivity contribution in [2.75, 3.05) is 19.8 Å². The Balaban J connectivity index is 0.00000103. The molecule has 0 bridgehead atoms. The smallest absolute Gasteiger partial charge is 0.324 e. The third-order valence-electron chi connectivity index (χ3n) is 13.8. The first-order valence-electron chi connectivity index (χ1n) is 26.4. The second kappa shape index (κ2) is 35.6. The maximum Gasteiger partial charge on any atom is 0.324 e. The Labute approximate surface area is 393 Å². The number of carbonyl (C=O) groups is 2. The Morgan fingerprint density at radius 1 is 0.600 bits per heavy atom. The van der Waals surface area contributed by atoms with Gasteiger partial charge in [0.2, 0.25) is 11.8 Å². The molecule has 0 spiro atoms. The summed E-state index contributed by atoms with van der Waals surface area (Å²) in [6, 6.07) is 0. The van der Waals surface area contributed by atoms with E-state index < -0.39 is 61.8 Å². The number of hydrogen-bond donors (Lipinski definition) is 9. The number of esters is 1. The van der Waals surface area contributed by atoms with E-state index in [4.69, 9.17) is 9.84 Å². The van der Waals surface area contributed by atoms with Gasteiger partial charge >= 0.3 is 11.9 Å². The van der Waals surface area contributed by atoms with Gasteiger partial charge in [-0.1, -0.05) is 168 Å². The van der Waals surface area contributed by atoms with Crippen molar-refractivity contribution in [3.63, 3.8) is 0 Å². The van der Waals surface area contributed by atoms with Crippen molar-refractivity contribution in [2.24, 2.45) is 23.7 Å². The van der Waals surface area contributed by atoms with Crippen LogP contribution in [0.5, 0.6) is 0 Å². The van der Waals surface area contributed by atoms with E-state index in [-0.39, 0.29) is 57.6 Å². The van der Waals surface area contributed by atoms with E-state index in [2.05, 4.69) is 25.5 Å². The molecular formula is C51H99NO13. The molecule has 14 nitrogen and oxygen atoms in total. The van der Waals surface area contributed by atoms with Gasteiger partial charge < -0.3 is 55.4 Å². The van der Waals surface area contributed by atoms with Crippen LogP contribution in [0.1, 0.15) is 245 Å². The second-order valence-corrected chi connectivity index (χ2v) is 20.1. The lowest BCUT2D eigenvalue weighted by molar-refractivity contribution is -0.389. The van der Waals surface area contributed by atoms with Crippen LogP contribution in [0.2, 0.25) is 0 Å². The molecule has 0 aromatic carbocycles. The summed E-state index contributed by atoms with van der Waals surface area (Å²) in [5.74, 6) is -9.06. The summed E-state index contributed by atoms with van der Waals surface area (Å²) in [5.41, 5.74) is 0. The number of ether oxygens (including phenoxy) is 2. The Morgan fingerprint density at radius 2 is 1.09 bits per heavy atom. The number of hydrogen-bond acceptors (Lipinski definition) is 14. The number of unbranched alkanes of at least 4 members (excludes halogenated alkanes) is 12. The summed E-state index contributed by atoms with van der Waals surface area (Å²) >= 11 is 0. The van der Waals surface area contributed by atoms with Crippen molar-refractivity contribution in [1.82, 2.24) is 4.90 Å². The van der Waals surface area contributed by atoms with E-state index in [9.17, 15) is 50.4 Å². The van der Waals surface area contributed by atoms with Gasteiger partial charge in [0.05, 0.1) is 5.92 Å². The van der Waals surface area contributed by atoms with Gasteiger partial charge in [0.15, 0.2) is 5.79 Å². The highest BCUT2D eigenvalue weighted by Gasteiger charge is 2.45. The van der Waals surface area contributed by atoms with E-state index >= 15 is 0 Å². The third-order valence-corrected chi connectivity index (χ3v) is 13.8. The molecule has 0 aliphatic heterocycles. The molecule has 2 fully saturated rings. The number of aliphatic hydroxyl groups excluding tert-OH is 1. The van der Waals surface area contributed by atoms with Gasteiger partial charge in [0.25, 0.3) is 6.47 Å². The van der Waals surface area contributed by atoms with Gasteiger partial charge in [-0.3, -0.25) is 9.59 Å². The van der Waals surface area contributed by atoms with Crippen LogP contribution in [0.4, 0.5) is 0 Å². The van der Waals surface area contributed by atoms with Crippen LogP contribution in [0.3, 0.4) is 0 Å². The van der Waals surface area contributed by atoms with Crippen LogP contribution in [-0.2, 0) is 19.1 Å². The van der Waals surface area contributed by atoms with E-state index in [1.807, 2.05) is 0 Å². The lowest BCUT2D eigenvalue weighted by Crippen LogP contribution is -2.61. The minimum atomic E-state index is -2.83. The summed E-state index contributed by atoms with van der Waals surface area (Å²) in [6.07, 6.45) is 31.2. The van der Waals surface area contributed by atoms with E-state index in [0.717, 1.165) is 69.6 Å². The molecule has 2 rings (SSSR count). The maximum absolute atomic E-state index is 13.1. The molecule has 2 aliphatic rings. The van der Waals surface area contributed by atoms with Crippen LogP contribution >= 0.6 is 0 Å². The molecule has 65 heavy (non-hydrogen) atoms. The van der Waals surface area contributed by atoms with Crippen LogP contribution in [0, 0.1) is 23.7 Å². The minimum Gasteiger partial charge on any atom is -0.460 e. The number of nitrogens with zero attached hydrogens (tertiary/aromatic N) is 1. The zero-order valence-electron chi connectivity index (χ0n) is 41.4. The molecule has 2 saturated carbocycles. The van der Waals surface area contributed by atoms with Gasteiger partial charge in [-0.2, -0.15) is 0 Å². The van der Waals surface area contributed by atoms with E-state index in [1.165, 1.54) is 103 Å². The predicted molar refractivity (Wildman–Crippen MR) is 253 cm³/mol. The fraction of sp³-hybridized carbons (Fsp3) is 0.961. The van der Waals surface area contributed by atoms with Crippen LogP contribution < -0.4 is 0 Å². The zero-order chi connectivity index (χ0) is 48.5. The highest BCUT2D eigenvalue weighted by Crippen LogP contribution is 2.34. The first-order chi connectivity index (χ1) is 30.9. The normalized spacial score (nSPS) is 16.8. The number of aliphatic hydroxyl groups is 9. The van der Waals surface area contributed by atoms with Crippen LogP contribution in [0.25, 0.3) is 0 Å². The Morgan fingerprint density at radius 3 is 1.63 bits per heavy atom. The van der Waals surface area contributed by atoms with Crippen LogP contribution in [0.15, 0.2) is 0 Å². The second-order valence-electron chi connectivity index (χ2n) is 20.1. The molecule has 0 aromatic heterocycles. The predicted octanol–water partition coefficient (Wildman–Crippen LogP) is 8.78. The molecule has 2 unspecified atom stereocenters. The Hall–Kier alpha value is -1.46. The first-order valence-corrected chi connectivity index (χ1v) is 26.4. The largest absolute Gasteiger partial charge is 0.460 e. The summed E-state index contributed by atoms with van der Waals surface area (Å²) < 4.78 is 9.53. The fourth-order valence-corrected chi connectivity index (χ4v) is 9.85. The number of carbonyl (C=O) groups excluding carboxylic acids is 2. The van der Waals surface area contributed by atoms with Gasteiger partial charge in [-0.15, -0.1) is 0 Å². The van der Waals surface area contributed by atoms with Gasteiger partial charge in [0, 0.05) is 38.8 Å². The van der Waals surface area contributed by atoms with Crippen molar-refractivity contribution in [1.29, 1.82) is 0 Å². The molecule has 0 radical (unpaired) electrons. The molecule has 0 aromatic rings. The van der Waals surface area contributed by atoms with Gasteiger partial charge in [0.1, 0.15) is 6.61 Å². The monoisotopic (exact) mass is 934 g/mol. The summed E-state index contributed by atoms with van der Waals surface area (Å²) in [6.45, 7) is 5.64. The van der Waals surface area contributed by atoms with Gasteiger partial charge in [-0.05, 0) is 69.1 Å². The zero-order valence-corrected chi connectivity index (χ0v) is 41.4. The van der Waals surface area contributed by atoms with Crippen molar-refractivity contribution in [3.05, 3.63) is 0 Å². The lowest BCUT2D eigenvalue weighted by atomic mass is 9.81. The van der Waals surface area contributed by atoms with Crippen molar-refractivity contribution in [3.8, 4) is 0 Å². The van der Waals surface area contributed by atoms with Gasteiger partial charge in [-0.25, -0.2) is 4.90 Å². The maximum atomic E-state index is 13.1. The van der Waals surface area contributed by atoms with Crippen molar-refractivity contribution >= 4 is 12.4 Å². The number of rotatable bonds is 38. The topological polar surface area (TPSA) is 238 Å². The molecule has 9 N–H and O–H groups in total. The highest BCUT2D eigenvalue weighted by molar-refractivity contribution is 5.72. The van der Waals surface area contributed by atoms with Crippen molar-refractivity contribution in [2.45, 2.75) is 269 Å². The fourth-order valence-electron chi connectivity index (χ4n) is 9.85. The molecule has 2 aliphatic carbocycles. The Bertz CT molecular complexity index is 1160. The van der Waals surface area contributed by atoms with Crippen molar-refractivity contribution < 1.29 is 65.0 Å². The SMILES string of the molecule is CCCCCCCCC(C)CC1CCCCC1.CCCCCCCCC(CC1CCCCC1)C(=O)OCC(O)(O)CCCC(O)(O)N(CCCCO)C(O)(O)CCCCC(O)(O)OC=O. The van der Waals surface area contributed by atoms with E-state index in [0.29, 0.717) is 17.2 Å². The van der Waals surface area contributed by atoms with E-state index in [1.54, 1.807) is 0 Å². The molecule has 0 amide bonds.